The average Bonchev–Trinajstić information content (AvgIpc) is 2.30. The normalized spacial score (nSPS) is 19.4. The molecule has 0 amide bonds. The van der Waals surface area contributed by atoms with Gasteiger partial charge in [-0.2, -0.15) is 0 Å². The highest BCUT2D eigenvalue weighted by Crippen LogP contribution is 2.22. The van der Waals surface area contributed by atoms with Crippen LogP contribution in [0.2, 0.25) is 0 Å². The van der Waals surface area contributed by atoms with E-state index in [2.05, 4.69) is 12.2 Å². The Bertz CT molecular complexity index is 336. The van der Waals surface area contributed by atoms with Crippen molar-refractivity contribution in [3.8, 4) is 0 Å². The lowest BCUT2D eigenvalue weighted by molar-refractivity contribution is 0.0622. The Kier molecular flexibility index (Phi) is 3.78. The van der Waals surface area contributed by atoms with Crippen molar-refractivity contribution >= 4 is 5.69 Å². The molecule has 2 nitrogen and oxygen atoms in total. The summed E-state index contributed by atoms with van der Waals surface area (Å²) in [6.45, 7) is 3.85. The largest absolute Gasteiger partial charge is 0.382 e. The maximum Gasteiger partial charge on any atom is 0.125 e. The van der Waals surface area contributed by atoms with Gasteiger partial charge in [0.25, 0.3) is 0 Å². The molecule has 0 aliphatic carbocycles. The van der Waals surface area contributed by atoms with Gasteiger partial charge in [0, 0.05) is 24.9 Å². The smallest absolute Gasteiger partial charge is 0.125 e. The van der Waals surface area contributed by atoms with Crippen LogP contribution in [0.25, 0.3) is 0 Å². The van der Waals surface area contributed by atoms with Gasteiger partial charge in [-0.3, -0.25) is 0 Å². The summed E-state index contributed by atoms with van der Waals surface area (Å²) in [6.07, 6.45) is 2.17. The minimum absolute atomic E-state index is 0.191. The highest BCUT2D eigenvalue weighted by atomic mass is 19.1. The molecule has 1 N–H and O–H groups in total. The zero-order chi connectivity index (χ0) is 11.4. The molecule has 88 valence electrons. The molecular formula is C13H18FNO. The van der Waals surface area contributed by atoms with E-state index in [1.165, 1.54) is 12.1 Å². The standard InChI is InChI=1S/C13H18FNO/c1-10(11-5-7-16-8-6-11)15-13-4-2-3-12(14)9-13/h2-4,9-11,15H,5-8H2,1H3. The number of hydrogen-bond acceptors (Lipinski definition) is 2. The number of ether oxygens (including phenoxy) is 1. The van der Waals surface area contributed by atoms with E-state index in [-0.39, 0.29) is 5.82 Å². The van der Waals surface area contributed by atoms with Gasteiger partial charge in [0.15, 0.2) is 0 Å². The summed E-state index contributed by atoms with van der Waals surface area (Å²) >= 11 is 0. The molecule has 1 aliphatic rings. The van der Waals surface area contributed by atoms with E-state index in [4.69, 9.17) is 4.74 Å². The van der Waals surface area contributed by atoms with Gasteiger partial charge in [-0.25, -0.2) is 4.39 Å². The predicted molar refractivity (Wildman–Crippen MR) is 63.0 cm³/mol. The van der Waals surface area contributed by atoms with Crippen LogP contribution in [0.15, 0.2) is 24.3 Å². The molecule has 3 heteroatoms. The first-order valence-corrected chi connectivity index (χ1v) is 5.85. The summed E-state index contributed by atoms with van der Waals surface area (Å²) < 4.78 is 18.3. The Balaban J connectivity index is 1.93. The predicted octanol–water partition coefficient (Wildman–Crippen LogP) is 3.05. The molecule has 2 rings (SSSR count). The first-order chi connectivity index (χ1) is 7.75. The van der Waals surface area contributed by atoms with Crippen molar-refractivity contribution < 1.29 is 9.13 Å². The van der Waals surface area contributed by atoms with E-state index >= 15 is 0 Å². The second-order valence-electron chi connectivity index (χ2n) is 4.39. The molecule has 1 aromatic carbocycles. The van der Waals surface area contributed by atoms with E-state index < -0.39 is 0 Å². The van der Waals surface area contributed by atoms with Crippen LogP contribution in [-0.2, 0) is 4.74 Å². The molecule has 1 aliphatic heterocycles. The van der Waals surface area contributed by atoms with Crippen molar-refractivity contribution in [2.75, 3.05) is 18.5 Å². The molecule has 0 bridgehead atoms. The van der Waals surface area contributed by atoms with Crippen molar-refractivity contribution in [3.05, 3.63) is 30.1 Å². The zero-order valence-electron chi connectivity index (χ0n) is 9.58. The second-order valence-corrected chi connectivity index (χ2v) is 4.39. The Morgan fingerprint density at radius 1 is 1.38 bits per heavy atom. The quantitative estimate of drug-likeness (QED) is 0.850. The number of rotatable bonds is 3. The van der Waals surface area contributed by atoms with Crippen LogP contribution in [-0.4, -0.2) is 19.3 Å². The lowest BCUT2D eigenvalue weighted by Gasteiger charge is -2.29. The fourth-order valence-electron chi connectivity index (χ4n) is 2.17. The fourth-order valence-corrected chi connectivity index (χ4v) is 2.17. The summed E-state index contributed by atoms with van der Waals surface area (Å²) in [6, 6.07) is 7.00. The van der Waals surface area contributed by atoms with Gasteiger partial charge in [-0.15, -0.1) is 0 Å². The molecule has 16 heavy (non-hydrogen) atoms. The molecule has 0 spiro atoms. The summed E-state index contributed by atoms with van der Waals surface area (Å²) in [5.41, 5.74) is 0.860. The van der Waals surface area contributed by atoms with E-state index in [0.29, 0.717) is 12.0 Å². The van der Waals surface area contributed by atoms with Gasteiger partial charge in [0.05, 0.1) is 0 Å². The maximum atomic E-state index is 13.0. The molecule has 1 atom stereocenters. The van der Waals surface area contributed by atoms with Gasteiger partial charge in [-0.05, 0) is 43.9 Å². The number of hydrogen-bond donors (Lipinski definition) is 1. The van der Waals surface area contributed by atoms with E-state index in [1.807, 2.05) is 6.07 Å². The molecule has 0 radical (unpaired) electrons. The zero-order valence-corrected chi connectivity index (χ0v) is 9.58. The second kappa shape index (κ2) is 5.30. The first-order valence-electron chi connectivity index (χ1n) is 5.85. The third-order valence-corrected chi connectivity index (χ3v) is 3.19. The third kappa shape index (κ3) is 2.95. The van der Waals surface area contributed by atoms with Crippen LogP contribution >= 0.6 is 0 Å². The SMILES string of the molecule is CC(Nc1cccc(F)c1)C1CCOCC1. The van der Waals surface area contributed by atoms with Gasteiger partial charge in [-0.1, -0.05) is 6.07 Å². The molecule has 1 aromatic rings. The summed E-state index contributed by atoms with van der Waals surface area (Å²) in [5.74, 6) is 0.432. The maximum absolute atomic E-state index is 13.0. The molecule has 1 unspecified atom stereocenters. The molecular weight excluding hydrogens is 205 g/mol. The lowest BCUT2D eigenvalue weighted by Crippen LogP contribution is -2.30. The number of nitrogens with one attached hydrogen (secondary N) is 1. The Labute approximate surface area is 95.8 Å². The molecule has 1 heterocycles. The van der Waals surface area contributed by atoms with E-state index in [0.717, 1.165) is 31.7 Å². The van der Waals surface area contributed by atoms with E-state index in [1.54, 1.807) is 6.07 Å². The lowest BCUT2D eigenvalue weighted by atomic mass is 9.93. The summed E-state index contributed by atoms with van der Waals surface area (Å²) in [5, 5.41) is 3.36. The van der Waals surface area contributed by atoms with Crippen molar-refractivity contribution in [1.29, 1.82) is 0 Å². The topological polar surface area (TPSA) is 21.3 Å². The van der Waals surface area contributed by atoms with Gasteiger partial charge >= 0.3 is 0 Å². The third-order valence-electron chi connectivity index (χ3n) is 3.19. The van der Waals surface area contributed by atoms with Crippen LogP contribution in [0.4, 0.5) is 10.1 Å². The van der Waals surface area contributed by atoms with Crippen molar-refractivity contribution in [3.63, 3.8) is 0 Å². The van der Waals surface area contributed by atoms with Crippen LogP contribution in [0, 0.1) is 11.7 Å². The average molecular weight is 223 g/mol. The molecule has 1 fully saturated rings. The number of benzene rings is 1. The number of anilines is 1. The summed E-state index contributed by atoms with van der Waals surface area (Å²) in [7, 11) is 0. The van der Waals surface area contributed by atoms with Crippen molar-refractivity contribution in [1.82, 2.24) is 0 Å². The Hall–Kier alpha value is -1.09. The Morgan fingerprint density at radius 2 is 2.12 bits per heavy atom. The van der Waals surface area contributed by atoms with Crippen molar-refractivity contribution in [2.45, 2.75) is 25.8 Å². The molecule has 0 aromatic heterocycles. The van der Waals surface area contributed by atoms with Gasteiger partial charge in [0.1, 0.15) is 5.82 Å². The van der Waals surface area contributed by atoms with Crippen LogP contribution < -0.4 is 5.32 Å². The van der Waals surface area contributed by atoms with Gasteiger partial charge in [0.2, 0.25) is 0 Å². The molecule has 1 saturated heterocycles. The molecule has 0 saturated carbocycles. The minimum atomic E-state index is -0.191. The van der Waals surface area contributed by atoms with Gasteiger partial charge < -0.3 is 10.1 Å². The number of halogens is 1. The fraction of sp³-hybridized carbons (Fsp3) is 0.538. The Morgan fingerprint density at radius 3 is 2.81 bits per heavy atom. The monoisotopic (exact) mass is 223 g/mol. The van der Waals surface area contributed by atoms with Crippen LogP contribution in [0.1, 0.15) is 19.8 Å². The first kappa shape index (κ1) is 11.4. The highest BCUT2D eigenvalue weighted by Gasteiger charge is 2.20. The summed E-state index contributed by atoms with van der Waals surface area (Å²) in [4.78, 5) is 0. The van der Waals surface area contributed by atoms with Crippen LogP contribution in [0.3, 0.4) is 0 Å². The van der Waals surface area contributed by atoms with Crippen molar-refractivity contribution in [2.24, 2.45) is 5.92 Å². The van der Waals surface area contributed by atoms with E-state index in [9.17, 15) is 4.39 Å². The highest BCUT2D eigenvalue weighted by molar-refractivity contribution is 5.43. The minimum Gasteiger partial charge on any atom is -0.382 e. The van der Waals surface area contributed by atoms with Crippen LogP contribution in [0.5, 0.6) is 0 Å².